The predicted octanol–water partition coefficient (Wildman–Crippen LogP) is 1.47. The van der Waals surface area contributed by atoms with E-state index < -0.39 is 30.4 Å². The Morgan fingerprint density at radius 1 is 0.367 bits per heavy atom. The summed E-state index contributed by atoms with van der Waals surface area (Å²) in [5, 5.41) is 18.2. The Balaban J connectivity index is -0.000000194. The number of alkyl halides is 1. The Labute approximate surface area is 353 Å². The van der Waals surface area contributed by atoms with Crippen LogP contribution in [0.2, 0.25) is 0 Å². The summed E-state index contributed by atoms with van der Waals surface area (Å²) in [5.74, 6) is -0.533. The van der Waals surface area contributed by atoms with Gasteiger partial charge in [-0.15, -0.1) is 0 Å². The molecular formula is C32H67BrNa2O11S3. The number of unbranched alkanes of at least 4 members (excludes halogenated alkanes) is 23. The molecular weight excluding hydrogens is 782 g/mol. The fraction of sp³-hybridized carbons (Fsp3) is 1.00. The van der Waals surface area contributed by atoms with Crippen molar-refractivity contribution in [3.05, 3.63) is 0 Å². The summed E-state index contributed by atoms with van der Waals surface area (Å²) in [5.41, 5.74) is 0. The number of rotatable bonds is 32. The monoisotopic (exact) mass is 848 g/mol. The zero-order valence-electron chi connectivity index (χ0n) is 30.8. The Morgan fingerprint density at radius 2 is 0.571 bits per heavy atom. The molecule has 0 aliphatic rings. The van der Waals surface area contributed by atoms with E-state index in [4.69, 9.17) is 14.8 Å². The van der Waals surface area contributed by atoms with Crippen LogP contribution >= 0.6 is 15.9 Å². The van der Waals surface area contributed by atoms with Crippen LogP contribution in [0, 0.1) is 0 Å². The van der Waals surface area contributed by atoms with Gasteiger partial charge in [-0.2, -0.15) is 8.42 Å². The van der Waals surface area contributed by atoms with Crippen LogP contribution in [0.3, 0.4) is 0 Å². The quantitative estimate of drug-likeness (QED) is 0.0382. The van der Waals surface area contributed by atoms with Gasteiger partial charge in [-0.3, -0.25) is 4.55 Å². The summed E-state index contributed by atoms with van der Waals surface area (Å²) in [6.07, 6.45) is 26.7. The molecule has 0 aliphatic carbocycles. The van der Waals surface area contributed by atoms with E-state index in [1.165, 1.54) is 44.9 Å². The van der Waals surface area contributed by atoms with Crippen molar-refractivity contribution in [2.24, 2.45) is 0 Å². The van der Waals surface area contributed by atoms with Gasteiger partial charge < -0.3 is 19.3 Å². The normalized spacial score (nSPS) is 11.4. The van der Waals surface area contributed by atoms with Gasteiger partial charge in [0, 0.05) is 30.0 Å². The summed E-state index contributed by atoms with van der Waals surface area (Å²) in [6, 6.07) is 0. The van der Waals surface area contributed by atoms with E-state index in [0.29, 0.717) is 19.3 Å². The number of hydrogen-bond donors (Lipinski definition) is 3. The number of hydrogen-bond acceptors (Lipinski definition) is 10. The van der Waals surface area contributed by atoms with Crippen LogP contribution in [0.1, 0.15) is 167 Å². The molecule has 0 rings (SSSR count). The van der Waals surface area contributed by atoms with Crippen LogP contribution in [0.5, 0.6) is 0 Å². The van der Waals surface area contributed by atoms with Gasteiger partial charge in [-0.25, -0.2) is 16.8 Å². The second-order valence-corrected chi connectivity index (χ2v) is 17.6. The van der Waals surface area contributed by atoms with Crippen molar-refractivity contribution in [2.45, 2.75) is 167 Å². The third kappa shape index (κ3) is 72.1. The average molecular weight is 850 g/mol. The van der Waals surface area contributed by atoms with E-state index in [-0.39, 0.29) is 89.6 Å². The van der Waals surface area contributed by atoms with Crippen LogP contribution in [0.15, 0.2) is 0 Å². The van der Waals surface area contributed by atoms with Crippen LogP contribution in [0.25, 0.3) is 0 Å². The smallest absolute Gasteiger partial charge is 0.748 e. The second-order valence-electron chi connectivity index (χ2n) is 12.1. The summed E-state index contributed by atoms with van der Waals surface area (Å²) < 4.78 is 91.0. The molecule has 0 bridgehead atoms. The van der Waals surface area contributed by atoms with Gasteiger partial charge in [0.15, 0.2) is 0 Å². The molecule has 0 heterocycles. The fourth-order valence-corrected chi connectivity index (χ4v) is 6.78. The molecule has 0 aromatic heterocycles. The van der Waals surface area contributed by atoms with Crippen LogP contribution in [-0.4, -0.2) is 84.9 Å². The first-order valence-corrected chi connectivity index (χ1v) is 23.7. The van der Waals surface area contributed by atoms with Gasteiger partial charge in [-0.1, -0.05) is 144 Å². The van der Waals surface area contributed by atoms with Gasteiger partial charge in [0.2, 0.25) is 0 Å². The standard InChI is InChI=1S/C12H25BrO3S.2C10H22O4S.2Na/c13-11-9-7-5-3-1-2-4-6-8-10-12-17(14,15)16;2*11-9-7-5-3-1-2-4-6-8-10-15(12,13)14;;/h1-12H2,(H,14,15,16);2*11H,1-10H2,(H,12,13,14);;/q;;;2*+1/p-2. The molecule has 0 atom stereocenters. The third-order valence-corrected chi connectivity index (χ3v) is 10.3. The molecule has 0 saturated carbocycles. The molecule has 49 heavy (non-hydrogen) atoms. The molecule has 0 unspecified atom stereocenters. The van der Waals surface area contributed by atoms with Crippen molar-refractivity contribution < 1.29 is 108 Å². The minimum absolute atomic E-state index is 0. The van der Waals surface area contributed by atoms with Crippen molar-refractivity contribution in [2.75, 3.05) is 35.8 Å². The first-order chi connectivity index (χ1) is 22.2. The summed E-state index contributed by atoms with van der Waals surface area (Å²) >= 11 is 3.42. The first-order valence-electron chi connectivity index (χ1n) is 17.8. The van der Waals surface area contributed by atoms with Gasteiger partial charge >= 0.3 is 59.1 Å². The molecule has 0 aromatic rings. The predicted molar refractivity (Wildman–Crippen MR) is 194 cm³/mol. The van der Waals surface area contributed by atoms with Crippen molar-refractivity contribution in [3.63, 3.8) is 0 Å². The van der Waals surface area contributed by atoms with E-state index in [1.54, 1.807) is 0 Å². The number of halogens is 1. The molecule has 0 saturated heterocycles. The largest absolute Gasteiger partial charge is 1.00 e. The summed E-state index contributed by atoms with van der Waals surface area (Å²) in [4.78, 5) is 0. The SMILES string of the molecule is O=S(=O)(O)CCCCCCCCCCCCBr.O=S(=O)([O-])CCCCCCCCCCO.O=S(=O)([O-])CCCCCCCCCCO.[Na+].[Na+]. The van der Waals surface area contributed by atoms with Crippen LogP contribution in [0.4, 0.5) is 0 Å². The molecule has 288 valence electrons. The van der Waals surface area contributed by atoms with Gasteiger partial charge in [0.25, 0.3) is 10.1 Å². The van der Waals surface area contributed by atoms with Crippen LogP contribution in [-0.2, 0) is 30.4 Å². The Kier molecular flexibility index (Phi) is 54.9. The second kappa shape index (κ2) is 44.5. The van der Waals surface area contributed by atoms with E-state index in [9.17, 15) is 34.4 Å². The Morgan fingerprint density at radius 3 is 0.776 bits per heavy atom. The molecule has 0 radical (unpaired) electrons. The van der Waals surface area contributed by atoms with E-state index in [0.717, 1.165) is 108 Å². The maximum Gasteiger partial charge on any atom is 1.00 e. The third-order valence-electron chi connectivity index (χ3n) is 7.39. The maximum absolute atomic E-state index is 10.4. The number of aliphatic hydroxyl groups is 2. The molecule has 0 aromatic carbocycles. The van der Waals surface area contributed by atoms with E-state index >= 15 is 0 Å². The minimum atomic E-state index is -4.01. The first kappa shape index (κ1) is 60.4. The zero-order chi connectivity index (χ0) is 36.1. The van der Waals surface area contributed by atoms with Crippen LogP contribution < -0.4 is 59.1 Å². The van der Waals surface area contributed by atoms with Crippen molar-refractivity contribution >= 4 is 46.3 Å². The topological polar surface area (TPSA) is 209 Å². The van der Waals surface area contributed by atoms with E-state index in [2.05, 4.69) is 15.9 Å². The summed E-state index contributed by atoms with van der Waals surface area (Å²) in [6.45, 7) is 0.530. The van der Waals surface area contributed by atoms with E-state index in [1.807, 2.05) is 0 Å². The van der Waals surface area contributed by atoms with Crippen molar-refractivity contribution in [1.82, 2.24) is 0 Å². The summed E-state index contributed by atoms with van der Waals surface area (Å²) in [7, 11) is -11.8. The Bertz CT molecular complexity index is 907. The molecule has 17 heteroatoms. The molecule has 11 nitrogen and oxygen atoms in total. The van der Waals surface area contributed by atoms with Crippen molar-refractivity contribution in [3.8, 4) is 0 Å². The fourth-order valence-electron chi connectivity index (χ4n) is 4.70. The zero-order valence-corrected chi connectivity index (χ0v) is 38.9. The average Bonchev–Trinajstić information content (AvgIpc) is 2.97. The Hall–Kier alpha value is 2.13. The molecule has 0 spiro atoms. The van der Waals surface area contributed by atoms with Gasteiger partial charge in [-0.05, 0) is 38.5 Å². The minimum Gasteiger partial charge on any atom is -0.748 e. The van der Waals surface area contributed by atoms with Gasteiger partial charge in [0.1, 0.15) is 0 Å². The number of aliphatic hydroxyl groups excluding tert-OH is 2. The van der Waals surface area contributed by atoms with Crippen molar-refractivity contribution in [1.29, 1.82) is 0 Å². The molecule has 0 aliphatic heterocycles. The molecule has 0 fully saturated rings. The molecule has 0 amide bonds. The van der Waals surface area contributed by atoms with Gasteiger partial charge in [0.05, 0.1) is 26.0 Å². The molecule has 3 N–H and O–H groups in total. The maximum atomic E-state index is 10.4.